The fourth-order valence-electron chi connectivity index (χ4n) is 9.35. The van der Waals surface area contributed by atoms with Gasteiger partial charge in [0.2, 0.25) is 0 Å². The summed E-state index contributed by atoms with van der Waals surface area (Å²) < 4.78 is 39.3. The van der Waals surface area contributed by atoms with Crippen molar-refractivity contribution in [2.24, 2.45) is 17.8 Å². The van der Waals surface area contributed by atoms with Crippen molar-refractivity contribution >= 4 is 11.9 Å². The largest absolute Gasteiger partial charge is 0.464 e. The van der Waals surface area contributed by atoms with Gasteiger partial charge in [-0.1, -0.05) is 24.3 Å². The molecule has 8 nitrogen and oxygen atoms in total. The first kappa shape index (κ1) is 30.7. The Morgan fingerprint density at radius 2 is 1.89 bits per heavy atom. The lowest BCUT2D eigenvalue weighted by atomic mass is 9.65. The zero-order valence-electron chi connectivity index (χ0n) is 26.9. The van der Waals surface area contributed by atoms with Crippen LogP contribution in [-0.2, 0) is 34.5 Å². The number of halogens is 2. The third-order valence-corrected chi connectivity index (χ3v) is 11.9. The molecule has 47 heavy (non-hydrogen) atoms. The number of benzene rings is 2. The number of likely N-dealkylation sites (tertiary alicyclic amines) is 1. The van der Waals surface area contributed by atoms with E-state index in [9.17, 15) is 14.7 Å². The van der Waals surface area contributed by atoms with Crippen molar-refractivity contribution in [1.29, 1.82) is 0 Å². The summed E-state index contributed by atoms with van der Waals surface area (Å²) >= 11 is 0. The van der Waals surface area contributed by atoms with Crippen molar-refractivity contribution in [1.82, 2.24) is 19.4 Å². The minimum Gasteiger partial charge on any atom is -0.464 e. The lowest BCUT2D eigenvalue weighted by molar-refractivity contribution is -0.149. The minimum absolute atomic E-state index is 0.0399. The average Bonchev–Trinajstić information content (AvgIpc) is 3.88. The highest BCUT2D eigenvalue weighted by Gasteiger charge is 2.56. The number of carbonyl (C=O) groups excluding carboxylic acids is 2. The molecular weight excluding hydrogens is 602 g/mol. The van der Waals surface area contributed by atoms with Gasteiger partial charge >= 0.3 is 5.97 Å². The maximum atomic E-state index is 16.3. The molecule has 3 aliphatic carbocycles. The second-order valence-electron chi connectivity index (χ2n) is 14.5. The Kier molecular flexibility index (Phi) is 7.71. The van der Waals surface area contributed by atoms with Gasteiger partial charge in [-0.15, -0.1) is 0 Å². The highest BCUT2D eigenvalue weighted by Crippen LogP contribution is 2.62. The van der Waals surface area contributed by atoms with Gasteiger partial charge in [-0.2, -0.15) is 0 Å². The van der Waals surface area contributed by atoms with Crippen molar-refractivity contribution in [3.8, 4) is 11.1 Å². The topological polar surface area (TPSA) is 87.9 Å². The average molecular weight is 645 g/mol. The first-order chi connectivity index (χ1) is 22.8. The second kappa shape index (κ2) is 11.8. The van der Waals surface area contributed by atoms with Crippen LogP contribution in [0.1, 0.15) is 84.4 Å². The number of carbonyl (C=O) groups is 2. The predicted octanol–water partition coefficient (Wildman–Crippen LogP) is 5.41. The molecule has 1 aromatic heterocycles. The van der Waals surface area contributed by atoms with Crippen LogP contribution in [0.25, 0.3) is 11.1 Å². The molecule has 1 N–H and O–H groups in total. The number of piperidine rings is 1. The summed E-state index contributed by atoms with van der Waals surface area (Å²) in [6, 6.07) is 7.80. The molecule has 2 unspecified atom stereocenters. The van der Waals surface area contributed by atoms with Gasteiger partial charge in [-0.25, -0.2) is 18.6 Å². The number of hydrogen-bond acceptors (Lipinski definition) is 6. The van der Waals surface area contributed by atoms with Gasteiger partial charge in [0.25, 0.3) is 5.91 Å². The minimum atomic E-state index is -1.18. The van der Waals surface area contributed by atoms with Crippen LogP contribution in [0.3, 0.4) is 0 Å². The smallest absolute Gasteiger partial charge is 0.335 e. The molecule has 10 heteroatoms. The number of esters is 1. The summed E-state index contributed by atoms with van der Waals surface area (Å²) in [6.07, 6.45) is 8.87. The van der Waals surface area contributed by atoms with Gasteiger partial charge < -0.3 is 24.2 Å². The molecule has 3 aromatic rings. The molecule has 3 aliphatic heterocycles. The molecular formula is C37H42F2N4O4. The Labute approximate surface area is 273 Å². The Morgan fingerprint density at radius 3 is 2.62 bits per heavy atom. The number of aromatic nitrogens is 2. The number of fused-ring (bicyclic) bond motifs is 3. The van der Waals surface area contributed by atoms with E-state index in [1.54, 1.807) is 13.3 Å². The molecule has 4 heterocycles. The van der Waals surface area contributed by atoms with Gasteiger partial charge in [0, 0.05) is 36.5 Å². The van der Waals surface area contributed by atoms with E-state index >= 15 is 8.78 Å². The van der Waals surface area contributed by atoms with Crippen LogP contribution in [0.4, 0.5) is 8.78 Å². The molecule has 0 radical (unpaired) electrons. The van der Waals surface area contributed by atoms with Crippen molar-refractivity contribution in [3.05, 3.63) is 76.4 Å². The SMILES string of the molecule is CCOC(=O)C(c1ncn2c1CCC2)N1Cc2c(F)cc(-c3ccc(C45CC(CN6CCC(CO)CC6)C(C4)C5)cc3)c(F)c2C1=O. The summed E-state index contributed by atoms with van der Waals surface area (Å²) in [5.74, 6) is -0.994. The van der Waals surface area contributed by atoms with Crippen molar-refractivity contribution in [3.63, 3.8) is 0 Å². The van der Waals surface area contributed by atoms with E-state index in [-0.39, 0.29) is 35.3 Å². The van der Waals surface area contributed by atoms with Crippen molar-refractivity contribution in [2.45, 2.75) is 76.4 Å². The predicted molar refractivity (Wildman–Crippen MR) is 170 cm³/mol. The van der Waals surface area contributed by atoms with Gasteiger partial charge in [-0.3, -0.25) is 4.79 Å². The lowest BCUT2D eigenvalue weighted by Crippen LogP contribution is -2.38. The number of imidazole rings is 1. The number of aryl methyl sites for hydroxylation is 1. The lowest BCUT2D eigenvalue weighted by Gasteiger charge is -2.39. The van der Waals surface area contributed by atoms with Crippen LogP contribution < -0.4 is 0 Å². The van der Waals surface area contributed by atoms with E-state index in [0.29, 0.717) is 36.1 Å². The first-order valence-corrected chi connectivity index (χ1v) is 17.3. The van der Waals surface area contributed by atoms with Gasteiger partial charge in [0.15, 0.2) is 6.04 Å². The maximum absolute atomic E-state index is 16.3. The van der Waals surface area contributed by atoms with E-state index in [0.717, 1.165) is 76.3 Å². The standard InChI is InChI=1S/C37H42F2N4O4/c1-2-47-36(46)34(33-30-4-3-11-42(30)21-40-33)43-19-28-29(38)14-27(32(39)31(28)35(43)45)23-5-7-26(8-6-23)37-15-24(16-37)25(17-37)18-41-12-9-22(20-44)10-13-41/h5-8,14,21-22,24-25,34,44H,2-4,9-13,15-20H2,1H3. The summed E-state index contributed by atoms with van der Waals surface area (Å²) in [6.45, 7) is 5.86. The van der Waals surface area contributed by atoms with Crippen LogP contribution in [0.2, 0.25) is 0 Å². The van der Waals surface area contributed by atoms with E-state index in [4.69, 9.17) is 4.74 Å². The van der Waals surface area contributed by atoms with Gasteiger partial charge in [-0.05, 0) is 105 Å². The number of aliphatic hydroxyl groups excluding tert-OH is 1. The molecule has 6 aliphatic rings. The molecule has 4 fully saturated rings. The summed E-state index contributed by atoms with van der Waals surface area (Å²) in [5.41, 5.74) is 2.84. The maximum Gasteiger partial charge on any atom is 0.335 e. The second-order valence-corrected chi connectivity index (χ2v) is 14.5. The fraction of sp³-hybridized carbons (Fsp3) is 0.541. The number of hydrogen-bond donors (Lipinski definition) is 1. The molecule has 2 atom stereocenters. The van der Waals surface area contributed by atoms with Crippen LogP contribution in [0.15, 0.2) is 36.7 Å². The number of rotatable bonds is 9. The normalized spacial score (nSPS) is 26.0. The molecule has 0 spiro atoms. The first-order valence-electron chi connectivity index (χ1n) is 17.3. The Morgan fingerprint density at radius 1 is 1.13 bits per heavy atom. The molecule has 2 bridgehead atoms. The monoisotopic (exact) mass is 644 g/mol. The number of aliphatic hydroxyl groups is 1. The number of ether oxygens (including phenoxy) is 1. The van der Waals surface area contributed by atoms with Crippen LogP contribution in [0.5, 0.6) is 0 Å². The Bertz CT molecular complexity index is 1710. The van der Waals surface area contributed by atoms with Gasteiger partial charge in [0.1, 0.15) is 11.6 Å². The molecule has 248 valence electrons. The summed E-state index contributed by atoms with van der Waals surface area (Å²) in [5, 5.41) is 9.47. The van der Waals surface area contributed by atoms with Crippen LogP contribution in [0, 0.1) is 29.4 Å². The number of nitrogens with zero attached hydrogens (tertiary/aromatic N) is 4. The molecule has 9 rings (SSSR count). The highest BCUT2D eigenvalue weighted by atomic mass is 19.1. The van der Waals surface area contributed by atoms with E-state index in [1.165, 1.54) is 16.5 Å². The third kappa shape index (κ3) is 5.01. The third-order valence-electron chi connectivity index (χ3n) is 11.9. The Balaban J connectivity index is 1.02. The molecule has 3 saturated carbocycles. The van der Waals surface area contributed by atoms with E-state index in [1.807, 2.05) is 16.7 Å². The quantitative estimate of drug-likeness (QED) is 0.314. The zero-order chi connectivity index (χ0) is 32.4. The number of amides is 1. The molecule has 2 aromatic carbocycles. The zero-order valence-corrected chi connectivity index (χ0v) is 26.9. The summed E-state index contributed by atoms with van der Waals surface area (Å²) in [4.78, 5) is 35.3. The van der Waals surface area contributed by atoms with Crippen molar-refractivity contribution < 1.29 is 28.2 Å². The molecule has 1 saturated heterocycles. The van der Waals surface area contributed by atoms with Crippen molar-refractivity contribution in [2.75, 3.05) is 32.8 Å². The Hall–Kier alpha value is -3.63. The van der Waals surface area contributed by atoms with Gasteiger partial charge in [0.05, 0.1) is 30.7 Å². The highest BCUT2D eigenvalue weighted by molar-refractivity contribution is 6.02. The molecule has 1 amide bonds. The van der Waals surface area contributed by atoms with E-state index in [2.05, 4.69) is 22.0 Å². The van der Waals surface area contributed by atoms with E-state index < -0.39 is 29.6 Å². The van der Waals surface area contributed by atoms with Crippen LogP contribution in [-0.4, -0.2) is 69.2 Å². The fourth-order valence-corrected chi connectivity index (χ4v) is 9.35. The van der Waals surface area contributed by atoms with Crippen LogP contribution >= 0.6 is 0 Å². The summed E-state index contributed by atoms with van der Waals surface area (Å²) in [7, 11) is 0.